The normalized spacial score (nSPS) is 16.7. The van der Waals surface area contributed by atoms with Crippen molar-refractivity contribution in [3.05, 3.63) is 58.6 Å². The summed E-state index contributed by atoms with van der Waals surface area (Å²) in [6.07, 6.45) is 0.650. The van der Waals surface area contributed by atoms with Crippen LogP contribution in [0.1, 0.15) is 17.0 Å². The smallest absolute Gasteiger partial charge is 0.232 e. The third kappa shape index (κ3) is 2.37. The number of rotatable bonds is 3. The molecule has 1 heterocycles. The van der Waals surface area contributed by atoms with E-state index >= 15 is 0 Å². The molecule has 102 valence electrons. The Balaban J connectivity index is 1.90. The summed E-state index contributed by atoms with van der Waals surface area (Å²) in [6, 6.07) is 13.3. The molecule has 3 nitrogen and oxygen atoms in total. The lowest BCUT2D eigenvalue weighted by Gasteiger charge is -2.10. The number of halogens is 1. The summed E-state index contributed by atoms with van der Waals surface area (Å²) >= 11 is 5.95. The molecule has 0 aliphatic carbocycles. The van der Waals surface area contributed by atoms with Gasteiger partial charge >= 0.3 is 0 Å². The monoisotopic (exact) mass is 287 g/mol. The fraction of sp³-hybridized carbons (Fsp3) is 0.188. The molecule has 0 saturated carbocycles. The highest BCUT2D eigenvalue weighted by Crippen LogP contribution is 2.36. The Labute approximate surface area is 122 Å². The van der Waals surface area contributed by atoms with E-state index in [4.69, 9.17) is 16.3 Å². The number of hydrogen-bond acceptors (Lipinski definition) is 2. The summed E-state index contributed by atoms with van der Waals surface area (Å²) in [5.41, 5.74) is 2.89. The molecule has 1 N–H and O–H groups in total. The Morgan fingerprint density at radius 1 is 1.25 bits per heavy atom. The third-order valence-corrected chi connectivity index (χ3v) is 3.77. The molecule has 0 fully saturated rings. The number of hydrogen-bond donors (Lipinski definition) is 1. The predicted molar refractivity (Wildman–Crippen MR) is 79.5 cm³/mol. The first-order chi connectivity index (χ1) is 9.67. The topological polar surface area (TPSA) is 38.3 Å². The van der Waals surface area contributed by atoms with E-state index in [1.54, 1.807) is 13.2 Å². The molecule has 4 heteroatoms. The zero-order valence-electron chi connectivity index (χ0n) is 11.0. The van der Waals surface area contributed by atoms with Crippen molar-refractivity contribution in [1.82, 2.24) is 0 Å². The molecule has 0 bridgehead atoms. The van der Waals surface area contributed by atoms with Crippen LogP contribution < -0.4 is 10.1 Å². The maximum absolute atomic E-state index is 12.1. The Bertz CT molecular complexity index is 669. The van der Waals surface area contributed by atoms with Crippen molar-refractivity contribution in [3.63, 3.8) is 0 Å². The van der Waals surface area contributed by atoms with Gasteiger partial charge in [-0.3, -0.25) is 4.79 Å². The second-order valence-electron chi connectivity index (χ2n) is 4.83. The number of carbonyl (C=O) groups excluding carboxylic acids is 1. The largest absolute Gasteiger partial charge is 0.497 e. The average molecular weight is 288 g/mol. The number of ether oxygens (including phenoxy) is 1. The van der Waals surface area contributed by atoms with E-state index in [1.807, 2.05) is 36.4 Å². The van der Waals surface area contributed by atoms with Crippen LogP contribution >= 0.6 is 11.6 Å². The van der Waals surface area contributed by atoms with Crippen LogP contribution in [0.3, 0.4) is 0 Å². The van der Waals surface area contributed by atoms with Crippen molar-refractivity contribution in [3.8, 4) is 5.75 Å². The quantitative estimate of drug-likeness (QED) is 0.936. The summed E-state index contributed by atoms with van der Waals surface area (Å²) in [5.74, 6) is 0.650. The zero-order valence-corrected chi connectivity index (χ0v) is 11.8. The maximum atomic E-state index is 12.1. The van der Waals surface area contributed by atoms with Crippen LogP contribution in [0, 0.1) is 0 Å². The summed E-state index contributed by atoms with van der Waals surface area (Å²) in [4.78, 5) is 12.1. The summed E-state index contributed by atoms with van der Waals surface area (Å²) in [6.45, 7) is 0. The van der Waals surface area contributed by atoms with Gasteiger partial charge in [0, 0.05) is 10.7 Å². The Hall–Kier alpha value is -2.00. The number of nitrogens with one attached hydrogen (secondary N) is 1. The second kappa shape index (κ2) is 5.17. The molecular formula is C16H14ClNO2. The van der Waals surface area contributed by atoms with Crippen molar-refractivity contribution in [2.75, 3.05) is 12.4 Å². The minimum atomic E-state index is -0.172. The van der Waals surface area contributed by atoms with Crippen LogP contribution in [0.4, 0.5) is 5.69 Å². The minimum Gasteiger partial charge on any atom is -0.497 e. The van der Waals surface area contributed by atoms with E-state index in [9.17, 15) is 4.79 Å². The lowest BCUT2D eigenvalue weighted by molar-refractivity contribution is -0.117. The van der Waals surface area contributed by atoms with Crippen LogP contribution in [0.25, 0.3) is 0 Å². The molecule has 1 amide bonds. The number of amides is 1. The van der Waals surface area contributed by atoms with Gasteiger partial charge in [-0.15, -0.1) is 0 Å². The van der Waals surface area contributed by atoms with Crippen LogP contribution in [-0.4, -0.2) is 13.0 Å². The van der Waals surface area contributed by atoms with E-state index < -0.39 is 0 Å². The average Bonchev–Trinajstić information content (AvgIpc) is 2.74. The molecule has 1 aliphatic heterocycles. The number of methoxy groups -OCH3 is 1. The Morgan fingerprint density at radius 2 is 2.10 bits per heavy atom. The molecule has 1 aliphatic rings. The molecule has 2 aromatic carbocycles. The molecule has 3 rings (SSSR count). The number of carbonyl (C=O) groups is 1. The number of fused-ring (bicyclic) bond motifs is 1. The highest BCUT2D eigenvalue weighted by Gasteiger charge is 2.30. The third-order valence-electron chi connectivity index (χ3n) is 3.54. The van der Waals surface area contributed by atoms with Crippen molar-refractivity contribution in [2.45, 2.75) is 12.3 Å². The molecule has 1 atom stereocenters. The van der Waals surface area contributed by atoms with Crippen LogP contribution in [0.15, 0.2) is 42.5 Å². The molecule has 2 aromatic rings. The molecule has 0 aromatic heterocycles. The van der Waals surface area contributed by atoms with Gasteiger partial charge in [-0.05, 0) is 41.8 Å². The minimum absolute atomic E-state index is 0.0186. The molecule has 0 radical (unpaired) electrons. The van der Waals surface area contributed by atoms with Gasteiger partial charge in [-0.2, -0.15) is 0 Å². The van der Waals surface area contributed by atoms with Crippen molar-refractivity contribution in [2.24, 2.45) is 0 Å². The fourth-order valence-corrected chi connectivity index (χ4v) is 2.71. The molecule has 0 spiro atoms. The van der Waals surface area contributed by atoms with Gasteiger partial charge in [-0.1, -0.05) is 29.8 Å². The maximum Gasteiger partial charge on any atom is 0.232 e. The fourth-order valence-electron chi connectivity index (χ4n) is 2.54. The first kappa shape index (κ1) is 13.0. The standard InChI is InChI=1S/C16H14ClNO2/c1-20-12-4-2-3-10(7-12)8-14-13-6-5-11(17)9-15(13)18-16(14)19/h2-7,9,14H,8H2,1H3,(H,18,19)/t14-/m1/s1. The zero-order chi connectivity index (χ0) is 14.1. The van der Waals surface area contributed by atoms with Crippen molar-refractivity contribution < 1.29 is 9.53 Å². The van der Waals surface area contributed by atoms with Crippen molar-refractivity contribution in [1.29, 1.82) is 0 Å². The van der Waals surface area contributed by atoms with E-state index in [2.05, 4.69) is 5.32 Å². The summed E-state index contributed by atoms with van der Waals surface area (Å²) in [5, 5.41) is 3.51. The van der Waals surface area contributed by atoms with E-state index in [1.165, 1.54) is 0 Å². The number of anilines is 1. The summed E-state index contributed by atoms with van der Waals surface area (Å²) in [7, 11) is 1.64. The lowest BCUT2D eigenvalue weighted by Crippen LogP contribution is -2.14. The van der Waals surface area contributed by atoms with Gasteiger partial charge < -0.3 is 10.1 Å². The summed E-state index contributed by atoms with van der Waals surface area (Å²) < 4.78 is 5.21. The van der Waals surface area contributed by atoms with Gasteiger partial charge in [0.25, 0.3) is 0 Å². The van der Waals surface area contributed by atoms with Gasteiger partial charge in [-0.25, -0.2) is 0 Å². The molecular weight excluding hydrogens is 274 g/mol. The highest BCUT2D eigenvalue weighted by atomic mass is 35.5. The van der Waals surface area contributed by atoms with Gasteiger partial charge in [0.15, 0.2) is 0 Å². The lowest BCUT2D eigenvalue weighted by atomic mass is 9.93. The van der Waals surface area contributed by atoms with E-state index in [0.29, 0.717) is 11.4 Å². The first-order valence-corrected chi connectivity index (χ1v) is 6.78. The van der Waals surface area contributed by atoms with Gasteiger partial charge in [0.2, 0.25) is 5.91 Å². The first-order valence-electron chi connectivity index (χ1n) is 6.40. The van der Waals surface area contributed by atoms with Gasteiger partial charge in [0.1, 0.15) is 5.75 Å². The number of benzene rings is 2. The molecule has 20 heavy (non-hydrogen) atoms. The SMILES string of the molecule is COc1cccc(C[C@H]2C(=O)Nc3cc(Cl)ccc32)c1. The van der Waals surface area contributed by atoms with Crippen molar-refractivity contribution >= 4 is 23.2 Å². The molecule has 0 saturated heterocycles. The van der Waals surface area contributed by atoms with Crippen LogP contribution in [-0.2, 0) is 11.2 Å². The van der Waals surface area contributed by atoms with E-state index in [-0.39, 0.29) is 11.8 Å². The van der Waals surface area contributed by atoms with Gasteiger partial charge in [0.05, 0.1) is 13.0 Å². The highest BCUT2D eigenvalue weighted by molar-refractivity contribution is 6.31. The Kier molecular flexibility index (Phi) is 3.36. The Morgan fingerprint density at radius 3 is 2.90 bits per heavy atom. The van der Waals surface area contributed by atoms with Crippen LogP contribution in [0.2, 0.25) is 5.02 Å². The second-order valence-corrected chi connectivity index (χ2v) is 5.27. The molecule has 0 unspecified atom stereocenters. The predicted octanol–water partition coefficient (Wildman–Crippen LogP) is 3.63. The van der Waals surface area contributed by atoms with Crippen LogP contribution in [0.5, 0.6) is 5.75 Å². The van der Waals surface area contributed by atoms with E-state index in [0.717, 1.165) is 22.6 Å².